The highest BCUT2D eigenvalue weighted by atomic mass is 35.5. The Balaban J connectivity index is 1.26. The zero-order valence-electron chi connectivity index (χ0n) is 31.1. The molecule has 8 rings (SSSR count). The molecule has 0 spiro atoms. The number of amides is 2. The Morgan fingerprint density at radius 1 is 1.07 bits per heavy atom. The lowest BCUT2D eigenvalue weighted by Gasteiger charge is -2.23. The third kappa shape index (κ3) is 7.51. The number of rotatable bonds is 10. The zero-order chi connectivity index (χ0) is 42.1. The number of carbonyl (C=O) groups excluding carboxylic acids is 2. The van der Waals surface area contributed by atoms with Crippen LogP contribution in [0, 0.1) is 29.4 Å². The number of nitrogens with zero attached hydrogens (tertiary/aromatic N) is 6. The fourth-order valence-electron chi connectivity index (χ4n) is 7.57. The molecule has 0 bridgehead atoms. The van der Waals surface area contributed by atoms with Crippen molar-refractivity contribution >= 4 is 40.1 Å². The second-order valence-corrected chi connectivity index (χ2v) is 15.2. The van der Waals surface area contributed by atoms with E-state index in [0.717, 1.165) is 12.1 Å². The second kappa shape index (κ2) is 14.6. The molecule has 4 aromatic heterocycles. The smallest absolute Gasteiger partial charge is 0.295 e. The summed E-state index contributed by atoms with van der Waals surface area (Å²) in [6, 6.07) is 9.02. The Kier molecular flexibility index (Phi) is 9.79. The lowest BCUT2D eigenvalue weighted by molar-refractivity contribution is -0.123. The Bertz CT molecular complexity index is 2710. The van der Waals surface area contributed by atoms with E-state index in [2.05, 4.69) is 37.8 Å². The summed E-state index contributed by atoms with van der Waals surface area (Å²) in [4.78, 5) is 31.7. The molecule has 2 aromatic carbocycles. The third-order valence-electron chi connectivity index (χ3n) is 10.0. The summed E-state index contributed by atoms with van der Waals surface area (Å²) in [5, 5.41) is 28.0. The van der Waals surface area contributed by atoms with Gasteiger partial charge in [0, 0.05) is 41.8 Å². The van der Waals surface area contributed by atoms with Gasteiger partial charge in [0.25, 0.3) is 18.3 Å². The van der Waals surface area contributed by atoms with Gasteiger partial charge in [0.15, 0.2) is 5.82 Å². The predicted octanol–water partition coefficient (Wildman–Crippen LogP) is 7.37. The highest BCUT2D eigenvalue weighted by Crippen LogP contribution is 2.68. The number of alkyl halides is 4. The molecular formula is C40H31ClF6N8O4. The second-order valence-electron chi connectivity index (χ2n) is 14.8. The molecule has 2 aliphatic carbocycles. The van der Waals surface area contributed by atoms with Gasteiger partial charge in [-0.25, -0.2) is 22.5 Å². The van der Waals surface area contributed by atoms with E-state index in [1.807, 2.05) is 0 Å². The van der Waals surface area contributed by atoms with Crippen LogP contribution >= 0.6 is 11.6 Å². The number of benzene rings is 2. The van der Waals surface area contributed by atoms with Gasteiger partial charge < -0.3 is 20.3 Å². The number of anilines is 1. The number of halogens is 7. The first kappa shape index (κ1) is 39.6. The zero-order valence-corrected chi connectivity index (χ0v) is 31.9. The maximum absolute atomic E-state index is 15.4. The van der Waals surface area contributed by atoms with Crippen LogP contribution in [0.25, 0.3) is 22.0 Å². The Hall–Kier alpha value is -6.19. The molecule has 19 heteroatoms. The first-order chi connectivity index (χ1) is 27.9. The molecule has 1 fully saturated rings. The number of pyridine rings is 1. The molecule has 4 heterocycles. The molecule has 3 N–H and O–H groups in total. The summed E-state index contributed by atoms with van der Waals surface area (Å²) >= 11 is 6.70. The summed E-state index contributed by atoms with van der Waals surface area (Å²) < 4.78 is 95.2. The standard InChI is InChI=1S/C40H31ClF6N8O4/c1-39(2,58)10-8-21-4-5-22(23-6-7-26(41)31-34(23)54(3)53-37(31)51-38(57)28-9-11-48-59-28)32(49-21)27(14-18-12-19(42)15-20(43)13-18)50-29(56)17-55-35-30(33(52-55)36(44)45)24-16-25(24)40(35,46)47/h4-7,9,11-13,15,24-25,27,36,58H,14,16-17H2,1-3H3,(H,50,56)(H,51,53,57)/t24-,25?,27-/m0/s1. The van der Waals surface area contributed by atoms with Gasteiger partial charge in [0.1, 0.15) is 40.9 Å². The summed E-state index contributed by atoms with van der Waals surface area (Å²) in [5.74, 6) is -3.59. The summed E-state index contributed by atoms with van der Waals surface area (Å²) in [6.45, 7) is 1.98. The maximum atomic E-state index is 15.4. The topological polar surface area (TPSA) is 153 Å². The van der Waals surface area contributed by atoms with E-state index in [0.29, 0.717) is 27.4 Å². The number of carbonyl (C=O) groups is 2. The van der Waals surface area contributed by atoms with Crippen LogP contribution in [0.2, 0.25) is 5.02 Å². The van der Waals surface area contributed by atoms with E-state index < -0.39 is 77.2 Å². The molecule has 12 nitrogen and oxygen atoms in total. The number of aliphatic hydroxyl groups is 1. The molecule has 0 saturated heterocycles. The van der Waals surface area contributed by atoms with Crippen molar-refractivity contribution in [3.05, 3.63) is 111 Å². The van der Waals surface area contributed by atoms with Crippen molar-refractivity contribution in [3.8, 4) is 23.0 Å². The number of hydrogen-bond acceptors (Lipinski definition) is 8. The van der Waals surface area contributed by atoms with Crippen molar-refractivity contribution in [2.24, 2.45) is 13.0 Å². The van der Waals surface area contributed by atoms with Gasteiger partial charge >= 0.3 is 0 Å². The van der Waals surface area contributed by atoms with Gasteiger partial charge in [-0.2, -0.15) is 19.0 Å². The molecule has 0 aliphatic heterocycles. The minimum absolute atomic E-state index is 0.0228. The molecule has 2 amide bonds. The van der Waals surface area contributed by atoms with Crippen LogP contribution in [0.1, 0.15) is 83.1 Å². The van der Waals surface area contributed by atoms with Crippen LogP contribution in [-0.4, -0.2) is 52.2 Å². The van der Waals surface area contributed by atoms with E-state index in [1.54, 1.807) is 19.2 Å². The van der Waals surface area contributed by atoms with Gasteiger partial charge in [-0.15, -0.1) is 0 Å². The van der Waals surface area contributed by atoms with E-state index >= 15 is 8.78 Å². The van der Waals surface area contributed by atoms with Crippen molar-refractivity contribution in [2.75, 3.05) is 5.32 Å². The highest BCUT2D eigenvalue weighted by molar-refractivity contribution is 6.37. The van der Waals surface area contributed by atoms with Crippen molar-refractivity contribution in [3.63, 3.8) is 0 Å². The molecule has 0 radical (unpaired) electrons. The first-order valence-corrected chi connectivity index (χ1v) is 18.4. The summed E-state index contributed by atoms with van der Waals surface area (Å²) in [7, 11) is 1.58. The SMILES string of the molecule is Cn1nc(NC(=O)c2ccno2)c2c(Cl)ccc(-c3ccc(C#CC(C)(C)O)nc3[C@H](Cc3cc(F)cc(F)c3)NC(=O)Cn3nc(C(F)F)c4c3C(F)(F)C3C[C@H]43)c21. The molecule has 59 heavy (non-hydrogen) atoms. The van der Waals surface area contributed by atoms with Gasteiger partial charge in [-0.1, -0.05) is 28.7 Å². The number of aromatic nitrogens is 6. The molecule has 304 valence electrons. The minimum atomic E-state index is -3.50. The normalized spacial score (nSPS) is 17.0. The van der Waals surface area contributed by atoms with Gasteiger partial charge in [0.05, 0.1) is 33.9 Å². The first-order valence-electron chi connectivity index (χ1n) is 18.0. The molecule has 3 atom stereocenters. The molecule has 6 aromatic rings. The predicted molar refractivity (Wildman–Crippen MR) is 199 cm³/mol. The van der Waals surface area contributed by atoms with Gasteiger partial charge in [-0.3, -0.25) is 19.0 Å². The van der Waals surface area contributed by atoms with Crippen LogP contribution in [0.3, 0.4) is 0 Å². The average Bonchev–Trinajstić information content (AvgIpc) is 3.40. The number of aryl methyl sites for hydroxylation is 1. The van der Waals surface area contributed by atoms with Gasteiger partial charge in [-0.05, 0) is 74.4 Å². The van der Waals surface area contributed by atoms with E-state index in [9.17, 15) is 32.3 Å². The number of nitrogens with one attached hydrogen (secondary N) is 2. The maximum Gasteiger partial charge on any atom is 0.295 e. The van der Waals surface area contributed by atoms with Gasteiger partial charge in [0.2, 0.25) is 11.7 Å². The van der Waals surface area contributed by atoms with E-state index in [4.69, 9.17) is 21.1 Å². The lowest BCUT2D eigenvalue weighted by atomic mass is 9.93. The van der Waals surface area contributed by atoms with E-state index in [1.165, 1.54) is 42.9 Å². The van der Waals surface area contributed by atoms with Crippen LogP contribution in [0.15, 0.2) is 59.3 Å². The van der Waals surface area contributed by atoms with Crippen molar-refractivity contribution in [1.82, 2.24) is 35.0 Å². The van der Waals surface area contributed by atoms with E-state index in [-0.39, 0.29) is 57.3 Å². The Labute approximate surface area is 335 Å². The number of hydrogen-bond donors (Lipinski definition) is 3. The van der Waals surface area contributed by atoms with Crippen molar-refractivity contribution < 1.29 is 45.6 Å². The summed E-state index contributed by atoms with van der Waals surface area (Å²) in [5.41, 5.74) is -2.03. The quantitative estimate of drug-likeness (QED) is 0.0956. The van der Waals surface area contributed by atoms with Crippen LogP contribution in [0.5, 0.6) is 0 Å². The van der Waals surface area contributed by atoms with Crippen molar-refractivity contribution in [2.45, 2.75) is 63.1 Å². The fraction of sp³-hybridized carbons (Fsp3) is 0.300. The van der Waals surface area contributed by atoms with Crippen LogP contribution < -0.4 is 10.6 Å². The summed E-state index contributed by atoms with van der Waals surface area (Å²) in [6.07, 6.45) is -2.19. The van der Waals surface area contributed by atoms with Crippen LogP contribution in [0.4, 0.5) is 32.2 Å². The van der Waals surface area contributed by atoms with Crippen molar-refractivity contribution in [1.29, 1.82) is 0 Å². The Morgan fingerprint density at radius 3 is 2.47 bits per heavy atom. The molecule has 1 saturated carbocycles. The van der Waals surface area contributed by atoms with Crippen LogP contribution in [-0.2, 0) is 30.7 Å². The highest BCUT2D eigenvalue weighted by Gasteiger charge is 2.67. The largest absolute Gasteiger partial charge is 0.378 e. The fourth-order valence-corrected chi connectivity index (χ4v) is 7.82. The third-order valence-corrected chi connectivity index (χ3v) is 10.3. The molecule has 1 unspecified atom stereocenters. The molecule has 2 aliphatic rings. The minimum Gasteiger partial charge on any atom is -0.378 e. The Morgan fingerprint density at radius 2 is 1.80 bits per heavy atom. The monoisotopic (exact) mass is 836 g/mol. The lowest BCUT2D eigenvalue weighted by Crippen LogP contribution is -2.35. The average molecular weight is 837 g/mol. The molecular weight excluding hydrogens is 806 g/mol. The number of fused-ring (bicyclic) bond motifs is 4.